The van der Waals surface area contributed by atoms with E-state index in [0.29, 0.717) is 0 Å². The number of ether oxygens (including phenoxy) is 1. The Morgan fingerprint density at radius 2 is 1.75 bits per heavy atom. The highest BCUT2D eigenvalue weighted by atomic mass is 16.5. The molecule has 2 heteroatoms. The van der Waals surface area contributed by atoms with Crippen molar-refractivity contribution in [2.45, 2.75) is 75.9 Å². The van der Waals surface area contributed by atoms with Crippen LogP contribution in [0.25, 0.3) is 0 Å². The maximum atomic E-state index is 6.30. The molecule has 0 aromatic rings. The first-order valence-corrected chi connectivity index (χ1v) is 9.14. The molecule has 20 heavy (non-hydrogen) atoms. The SMILES string of the molecule is CNC(C1CCOC2(CCCCC2)C1)C1C2CCCC21. The Bertz CT molecular complexity index is 334. The summed E-state index contributed by atoms with van der Waals surface area (Å²) >= 11 is 0. The quantitative estimate of drug-likeness (QED) is 0.848. The Kier molecular flexibility index (Phi) is 3.58. The Labute approximate surface area is 124 Å². The Balaban J connectivity index is 1.44. The molecule has 1 heterocycles. The van der Waals surface area contributed by atoms with E-state index in [9.17, 15) is 0 Å². The molecule has 4 aliphatic rings. The van der Waals surface area contributed by atoms with Gasteiger partial charge in [-0.05, 0) is 69.2 Å². The second-order valence-electron chi connectivity index (χ2n) is 8.00. The highest BCUT2D eigenvalue weighted by Gasteiger charge is 2.57. The lowest BCUT2D eigenvalue weighted by atomic mass is 9.73. The van der Waals surface area contributed by atoms with Gasteiger partial charge >= 0.3 is 0 Å². The molecule has 0 aromatic heterocycles. The number of hydrogen-bond acceptors (Lipinski definition) is 2. The summed E-state index contributed by atoms with van der Waals surface area (Å²) in [6.45, 7) is 1.02. The fourth-order valence-electron chi connectivity index (χ4n) is 6.07. The van der Waals surface area contributed by atoms with Gasteiger partial charge in [-0.25, -0.2) is 0 Å². The van der Waals surface area contributed by atoms with E-state index >= 15 is 0 Å². The van der Waals surface area contributed by atoms with Gasteiger partial charge in [-0.1, -0.05) is 25.7 Å². The first-order valence-electron chi connectivity index (χ1n) is 9.14. The van der Waals surface area contributed by atoms with Gasteiger partial charge < -0.3 is 10.1 Å². The monoisotopic (exact) mass is 277 g/mol. The Morgan fingerprint density at radius 1 is 1.00 bits per heavy atom. The second kappa shape index (κ2) is 5.28. The summed E-state index contributed by atoms with van der Waals surface area (Å²) < 4.78 is 6.30. The molecule has 4 fully saturated rings. The first-order chi connectivity index (χ1) is 9.83. The second-order valence-corrected chi connectivity index (χ2v) is 8.00. The molecule has 0 bridgehead atoms. The third-order valence-corrected chi connectivity index (χ3v) is 7.02. The van der Waals surface area contributed by atoms with Gasteiger partial charge in [0, 0.05) is 12.6 Å². The van der Waals surface area contributed by atoms with Crippen molar-refractivity contribution in [3.05, 3.63) is 0 Å². The molecule has 1 saturated heterocycles. The van der Waals surface area contributed by atoms with Crippen molar-refractivity contribution in [3.8, 4) is 0 Å². The summed E-state index contributed by atoms with van der Waals surface area (Å²) in [5.74, 6) is 4.05. The van der Waals surface area contributed by atoms with Crippen LogP contribution in [0.1, 0.15) is 64.2 Å². The third-order valence-electron chi connectivity index (χ3n) is 7.02. The van der Waals surface area contributed by atoms with Crippen molar-refractivity contribution in [1.82, 2.24) is 5.32 Å². The van der Waals surface area contributed by atoms with Crippen LogP contribution < -0.4 is 5.32 Å². The van der Waals surface area contributed by atoms with E-state index in [0.717, 1.165) is 36.3 Å². The van der Waals surface area contributed by atoms with E-state index in [1.54, 1.807) is 0 Å². The van der Waals surface area contributed by atoms with Crippen LogP contribution in [0.3, 0.4) is 0 Å². The molecule has 1 N–H and O–H groups in total. The van der Waals surface area contributed by atoms with E-state index in [-0.39, 0.29) is 5.60 Å². The van der Waals surface area contributed by atoms with Crippen LogP contribution in [0.4, 0.5) is 0 Å². The normalized spacial score (nSPS) is 44.2. The van der Waals surface area contributed by atoms with Crippen molar-refractivity contribution in [2.75, 3.05) is 13.7 Å². The Hall–Kier alpha value is -0.0800. The predicted octanol–water partition coefficient (Wildman–Crippen LogP) is 3.75. The molecular weight excluding hydrogens is 246 g/mol. The molecule has 0 aromatic carbocycles. The van der Waals surface area contributed by atoms with Crippen molar-refractivity contribution in [3.63, 3.8) is 0 Å². The molecule has 4 rings (SSSR count). The minimum absolute atomic E-state index is 0.278. The number of nitrogens with one attached hydrogen (secondary N) is 1. The van der Waals surface area contributed by atoms with E-state index in [4.69, 9.17) is 4.74 Å². The molecule has 114 valence electrons. The molecule has 4 unspecified atom stereocenters. The molecule has 0 radical (unpaired) electrons. The van der Waals surface area contributed by atoms with E-state index in [2.05, 4.69) is 12.4 Å². The van der Waals surface area contributed by atoms with Gasteiger partial charge in [0.05, 0.1) is 5.60 Å². The maximum absolute atomic E-state index is 6.30. The van der Waals surface area contributed by atoms with Crippen LogP contribution >= 0.6 is 0 Å². The van der Waals surface area contributed by atoms with Crippen molar-refractivity contribution >= 4 is 0 Å². The predicted molar refractivity (Wildman–Crippen MR) is 81.7 cm³/mol. The standard InChI is InChI=1S/C18H31NO/c1-19-17(16-14-6-5-7-15(14)16)13-8-11-20-18(12-13)9-3-2-4-10-18/h13-17,19H,2-12H2,1H3. The van der Waals surface area contributed by atoms with Gasteiger partial charge in [0.2, 0.25) is 0 Å². The van der Waals surface area contributed by atoms with Gasteiger partial charge in [0.25, 0.3) is 0 Å². The summed E-state index contributed by atoms with van der Waals surface area (Å²) in [7, 11) is 2.21. The number of rotatable bonds is 3. The smallest absolute Gasteiger partial charge is 0.0685 e. The van der Waals surface area contributed by atoms with Crippen LogP contribution in [0.5, 0.6) is 0 Å². The highest BCUT2D eigenvalue weighted by molar-refractivity contribution is 5.08. The Morgan fingerprint density at radius 3 is 2.45 bits per heavy atom. The van der Waals surface area contributed by atoms with E-state index in [1.165, 1.54) is 64.2 Å². The summed E-state index contributed by atoms with van der Waals surface area (Å²) in [4.78, 5) is 0. The fourth-order valence-corrected chi connectivity index (χ4v) is 6.07. The third kappa shape index (κ3) is 2.23. The van der Waals surface area contributed by atoms with Crippen LogP contribution in [0.2, 0.25) is 0 Å². The average molecular weight is 277 g/mol. The highest BCUT2D eigenvalue weighted by Crippen LogP contribution is 2.60. The van der Waals surface area contributed by atoms with Crippen LogP contribution in [0, 0.1) is 23.7 Å². The minimum Gasteiger partial charge on any atom is -0.375 e. The number of fused-ring (bicyclic) bond motifs is 1. The van der Waals surface area contributed by atoms with E-state index in [1.807, 2.05) is 0 Å². The largest absolute Gasteiger partial charge is 0.375 e. The first kappa shape index (κ1) is 13.6. The van der Waals surface area contributed by atoms with Crippen molar-refractivity contribution in [1.29, 1.82) is 0 Å². The number of hydrogen-bond donors (Lipinski definition) is 1. The zero-order valence-corrected chi connectivity index (χ0v) is 13.1. The molecule has 1 aliphatic heterocycles. The molecule has 2 nitrogen and oxygen atoms in total. The van der Waals surface area contributed by atoms with Crippen LogP contribution in [-0.4, -0.2) is 25.3 Å². The maximum Gasteiger partial charge on any atom is 0.0685 e. The minimum atomic E-state index is 0.278. The zero-order valence-electron chi connectivity index (χ0n) is 13.1. The lowest BCUT2D eigenvalue weighted by Gasteiger charge is -2.46. The van der Waals surface area contributed by atoms with Gasteiger partial charge in [-0.2, -0.15) is 0 Å². The van der Waals surface area contributed by atoms with Crippen molar-refractivity contribution in [2.24, 2.45) is 23.7 Å². The summed E-state index contributed by atoms with van der Waals surface area (Å²) in [6.07, 6.45) is 14.0. The van der Waals surface area contributed by atoms with Crippen molar-refractivity contribution < 1.29 is 4.74 Å². The molecule has 0 amide bonds. The van der Waals surface area contributed by atoms with Gasteiger partial charge in [-0.15, -0.1) is 0 Å². The summed E-state index contributed by atoms with van der Waals surface area (Å²) in [5.41, 5.74) is 0.278. The molecular formula is C18H31NO. The lowest BCUT2D eigenvalue weighted by Crippen LogP contribution is -2.48. The van der Waals surface area contributed by atoms with Crippen LogP contribution in [-0.2, 0) is 4.74 Å². The van der Waals surface area contributed by atoms with E-state index < -0.39 is 0 Å². The topological polar surface area (TPSA) is 21.3 Å². The van der Waals surface area contributed by atoms with Gasteiger partial charge in [-0.3, -0.25) is 0 Å². The molecule has 3 saturated carbocycles. The summed E-state index contributed by atoms with van der Waals surface area (Å²) in [6, 6.07) is 0.785. The van der Waals surface area contributed by atoms with Gasteiger partial charge in [0.15, 0.2) is 0 Å². The van der Waals surface area contributed by atoms with Crippen LogP contribution in [0.15, 0.2) is 0 Å². The molecule has 3 aliphatic carbocycles. The lowest BCUT2D eigenvalue weighted by molar-refractivity contribution is -0.122. The van der Waals surface area contributed by atoms with Gasteiger partial charge in [0.1, 0.15) is 0 Å². The molecule has 1 spiro atoms. The molecule has 4 atom stereocenters. The average Bonchev–Trinajstić information content (AvgIpc) is 2.94. The summed E-state index contributed by atoms with van der Waals surface area (Å²) in [5, 5.41) is 3.73. The zero-order chi connectivity index (χ0) is 13.6. The fraction of sp³-hybridized carbons (Fsp3) is 1.00.